The molecule has 5 heteroatoms. The summed E-state index contributed by atoms with van der Waals surface area (Å²) in [7, 11) is 0. The standard InChI is InChI=1S/C22H35N3O2/c1-16(2)19(5)22(24-23-15-26)20-8-10-21(11-9-20)27-14-17(3)13-25-12-6-7-18(25)4/h8-11,15-19H,6-7,12-14H2,1-5H3,(H,23,26)/b24-22+/t17-,18+,19?/m0/s1. The Hall–Kier alpha value is -1.88. The highest BCUT2D eigenvalue weighted by Gasteiger charge is 2.22. The number of carbonyl (C=O) groups is 1. The van der Waals surface area contributed by atoms with Crippen molar-refractivity contribution in [3.63, 3.8) is 0 Å². The van der Waals surface area contributed by atoms with Crippen LogP contribution in [0, 0.1) is 17.8 Å². The van der Waals surface area contributed by atoms with Crippen LogP contribution in [-0.4, -0.2) is 42.8 Å². The molecule has 27 heavy (non-hydrogen) atoms. The van der Waals surface area contributed by atoms with Crippen LogP contribution >= 0.6 is 0 Å². The van der Waals surface area contributed by atoms with Crippen LogP contribution in [0.5, 0.6) is 5.75 Å². The monoisotopic (exact) mass is 373 g/mol. The van der Waals surface area contributed by atoms with Crippen molar-refractivity contribution in [1.29, 1.82) is 0 Å². The van der Waals surface area contributed by atoms with Gasteiger partial charge in [-0.05, 0) is 62.1 Å². The molecule has 0 radical (unpaired) electrons. The number of likely N-dealkylation sites (tertiary alicyclic amines) is 1. The van der Waals surface area contributed by atoms with Crippen LogP contribution in [-0.2, 0) is 4.79 Å². The maximum atomic E-state index is 10.6. The Morgan fingerprint density at radius 1 is 1.30 bits per heavy atom. The second-order valence-electron chi connectivity index (χ2n) is 8.20. The first-order valence-electron chi connectivity index (χ1n) is 10.2. The number of hydrazone groups is 1. The minimum absolute atomic E-state index is 0.242. The zero-order chi connectivity index (χ0) is 19.8. The molecule has 1 unspecified atom stereocenters. The zero-order valence-electron chi connectivity index (χ0n) is 17.4. The fraction of sp³-hybridized carbons (Fsp3) is 0.636. The van der Waals surface area contributed by atoms with Crippen molar-refractivity contribution in [3.8, 4) is 5.75 Å². The first-order chi connectivity index (χ1) is 12.9. The lowest BCUT2D eigenvalue weighted by atomic mass is 9.89. The van der Waals surface area contributed by atoms with Crippen molar-refractivity contribution in [1.82, 2.24) is 10.3 Å². The molecule has 1 N–H and O–H groups in total. The van der Waals surface area contributed by atoms with Gasteiger partial charge in [0.2, 0.25) is 6.41 Å². The molecule has 1 heterocycles. The summed E-state index contributed by atoms with van der Waals surface area (Å²) in [4.78, 5) is 13.2. The van der Waals surface area contributed by atoms with Gasteiger partial charge in [-0.15, -0.1) is 0 Å². The molecule has 2 rings (SSSR count). The van der Waals surface area contributed by atoms with Gasteiger partial charge in [0.1, 0.15) is 5.75 Å². The van der Waals surface area contributed by atoms with Crippen LogP contribution in [0.4, 0.5) is 0 Å². The molecule has 1 saturated heterocycles. The van der Waals surface area contributed by atoms with E-state index in [1.54, 1.807) is 0 Å². The Bertz CT molecular complexity index is 612. The van der Waals surface area contributed by atoms with Crippen molar-refractivity contribution in [3.05, 3.63) is 29.8 Å². The van der Waals surface area contributed by atoms with Crippen molar-refractivity contribution < 1.29 is 9.53 Å². The topological polar surface area (TPSA) is 53.9 Å². The minimum Gasteiger partial charge on any atom is -0.493 e. The van der Waals surface area contributed by atoms with Crippen LogP contribution in [0.1, 0.15) is 53.0 Å². The van der Waals surface area contributed by atoms with Crippen LogP contribution in [0.25, 0.3) is 0 Å². The highest BCUT2D eigenvalue weighted by atomic mass is 16.5. The van der Waals surface area contributed by atoms with Gasteiger partial charge >= 0.3 is 0 Å². The fourth-order valence-electron chi connectivity index (χ4n) is 3.52. The molecule has 3 atom stereocenters. The first-order valence-corrected chi connectivity index (χ1v) is 10.2. The molecule has 1 aromatic rings. The highest BCUT2D eigenvalue weighted by molar-refractivity contribution is 6.02. The highest BCUT2D eigenvalue weighted by Crippen LogP contribution is 2.21. The number of ether oxygens (including phenoxy) is 1. The van der Waals surface area contributed by atoms with Gasteiger partial charge in [-0.3, -0.25) is 4.79 Å². The summed E-state index contributed by atoms with van der Waals surface area (Å²) in [5.74, 6) is 2.05. The normalized spacial score (nSPS) is 20.5. The van der Waals surface area contributed by atoms with Crippen molar-refractivity contribution in [2.75, 3.05) is 19.7 Å². The lowest BCUT2D eigenvalue weighted by molar-refractivity contribution is -0.109. The molecule has 1 amide bonds. The summed E-state index contributed by atoms with van der Waals surface area (Å²) in [5.41, 5.74) is 4.35. The van der Waals surface area contributed by atoms with E-state index in [9.17, 15) is 4.79 Å². The van der Waals surface area contributed by atoms with Gasteiger partial charge < -0.3 is 9.64 Å². The molecule has 1 aromatic carbocycles. The quantitative estimate of drug-likeness (QED) is 0.384. The molecule has 0 aromatic heterocycles. The number of amides is 1. The average molecular weight is 374 g/mol. The van der Waals surface area contributed by atoms with E-state index in [1.165, 1.54) is 19.4 Å². The molecule has 1 aliphatic heterocycles. The third-order valence-electron chi connectivity index (χ3n) is 5.59. The van der Waals surface area contributed by atoms with E-state index in [4.69, 9.17) is 4.74 Å². The van der Waals surface area contributed by atoms with E-state index in [0.29, 0.717) is 24.3 Å². The first kappa shape index (κ1) is 21.4. The molecular weight excluding hydrogens is 338 g/mol. The fourth-order valence-corrected chi connectivity index (χ4v) is 3.52. The summed E-state index contributed by atoms with van der Waals surface area (Å²) >= 11 is 0. The summed E-state index contributed by atoms with van der Waals surface area (Å²) in [5, 5.41) is 4.25. The van der Waals surface area contributed by atoms with Crippen LogP contribution in [0.2, 0.25) is 0 Å². The zero-order valence-corrected chi connectivity index (χ0v) is 17.4. The number of hydrogen-bond donors (Lipinski definition) is 1. The summed E-state index contributed by atoms with van der Waals surface area (Å²) in [6, 6.07) is 8.72. The van der Waals surface area contributed by atoms with Crippen LogP contribution in [0.15, 0.2) is 29.4 Å². The molecule has 0 bridgehead atoms. The second-order valence-corrected chi connectivity index (χ2v) is 8.20. The number of rotatable bonds is 10. The van der Waals surface area contributed by atoms with E-state index in [0.717, 1.165) is 30.2 Å². The largest absolute Gasteiger partial charge is 0.493 e. The third-order valence-corrected chi connectivity index (χ3v) is 5.59. The molecule has 0 aliphatic carbocycles. The van der Waals surface area contributed by atoms with Gasteiger partial charge in [0.15, 0.2) is 0 Å². The Kier molecular flexibility index (Phi) is 8.29. The van der Waals surface area contributed by atoms with Gasteiger partial charge in [0, 0.05) is 24.4 Å². The maximum Gasteiger partial charge on any atom is 0.227 e. The SMILES string of the molecule is CC(C)C(C)/C(=N\NC=O)c1ccc(OC[C@@H](C)CN2CCC[C@H]2C)cc1. The maximum absolute atomic E-state index is 10.6. The van der Waals surface area contributed by atoms with E-state index in [1.807, 2.05) is 24.3 Å². The second kappa shape index (κ2) is 10.5. The van der Waals surface area contributed by atoms with E-state index >= 15 is 0 Å². The number of nitrogens with one attached hydrogen (secondary N) is 1. The Morgan fingerprint density at radius 3 is 2.56 bits per heavy atom. The number of hydrogen-bond acceptors (Lipinski definition) is 4. The summed E-state index contributed by atoms with van der Waals surface area (Å²) < 4.78 is 6.00. The molecule has 0 saturated carbocycles. The molecule has 1 fully saturated rings. The number of benzene rings is 1. The Balaban J connectivity index is 1.93. The Morgan fingerprint density at radius 2 is 2.00 bits per heavy atom. The number of carbonyl (C=O) groups excluding carboxylic acids is 1. The van der Waals surface area contributed by atoms with Crippen LogP contribution in [0.3, 0.4) is 0 Å². The van der Waals surface area contributed by atoms with Gasteiger partial charge in [-0.1, -0.05) is 27.7 Å². The van der Waals surface area contributed by atoms with Gasteiger partial charge in [0.25, 0.3) is 0 Å². The Labute approximate surface area is 164 Å². The lowest BCUT2D eigenvalue weighted by Crippen LogP contribution is -2.33. The van der Waals surface area contributed by atoms with Crippen molar-refractivity contribution >= 4 is 12.1 Å². The van der Waals surface area contributed by atoms with E-state index in [-0.39, 0.29) is 5.92 Å². The summed E-state index contributed by atoms with van der Waals surface area (Å²) in [6.07, 6.45) is 3.23. The molecule has 150 valence electrons. The smallest absolute Gasteiger partial charge is 0.227 e. The van der Waals surface area contributed by atoms with E-state index < -0.39 is 0 Å². The summed E-state index contributed by atoms with van der Waals surface area (Å²) in [6.45, 7) is 14.0. The van der Waals surface area contributed by atoms with Crippen molar-refractivity contribution in [2.45, 2.75) is 53.5 Å². The van der Waals surface area contributed by atoms with Gasteiger partial charge in [-0.25, -0.2) is 5.43 Å². The molecule has 5 nitrogen and oxygen atoms in total. The van der Waals surface area contributed by atoms with E-state index in [2.05, 4.69) is 50.0 Å². The predicted octanol–water partition coefficient (Wildman–Crippen LogP) is 3.93. The third kappa shape index (κ3) is 6.35. The average Bonchev–Trinajstić information content (AvgIpc) is 3.05. The van der Waals surface area contributed by atoms with Gasteiger partial charge in [-0.2, -0.15) is 5.10 Å². The van der Waals surface area contributed by atoms with Crippen LogP contribution < -0.4 is 10.2 Å². The minimum atomic E-state index is 0.242. The lowest BCUT2D eigenvalue weighted by Gasteiger charge is -2.25. The predicted molar refractivity (Wildman–Crippen MR) is 111 cm³/mol. The molecule has 0 spiro atoms. The van der Waals surface area contributed by atoms with Crippen molar-refractivity contribution in [2.24, 2.45) is 22.9 Å². The van der Waals surface area contributed by atoms with Gasteiger partial charge in [0.05, 0.1) is 12.3 Å². The molecule has 1 aliphatic rings. The molecular formula is C22H35N3O2. The number of nitrogens with zero attached hydrogens (tertiary/aromatic N) is 2.